The standard InChI is InChI=1S/C12H16ClN5/c1-10-11(13)16-8-17-12(10)15-4-2-3-6-18-7-5-14-9-18/h5,7-9H,2-4,6H2,1H3,(H,15,16,17). The van der Waals surface area contributed by atoms with Crippen molar-refractivity contribution in [3.8, 4) is 0 Å². The van der Waals surface area contributed by atoms with Crippen LogP contribution in [-0.4, -0.2) is 26.1 Å². The van der Waals surface area contributed by atoms with Crippen molar-refractivity contribution < 1.29 is 0 Å². The third-order valence-electron chi connectivity index (χ3n) is 2.72. The number of aryl methyl sites for hydroxylation is 1. The summed E-state index contributed by atoms with van der Waals surface area (Å²) in [6.07, 6.45) is 9.25. The number of hydrogen-bond acceptors (Lipinski definition) is 4. The third kappa shape index (κ3) is 3.43. The number of rotatable bonds is 6. The molecule has 0 saturated heterocycles. The minimum Gasteiger partial charge on any atom is -0.370 e. The maximum atomic E-state index is 5.92. The predicted molar refractivity (Wildman–Crippen MR) is 71.7 cm³/mol. The number of aromatic nitrogens is 4. The van der Waals surface area contributed by atoms with E-state index in [9.17, 15) is 0 Å². The molecular weight excluding hydrogens is 250 g/mol. The molecule has 2 heterocycles. The van der Waals surface area contributed by atoms with Crippen LogP contribution in [0.4, 0.5) is 5.82 Å². The van der Waals surface area contributed by atoms with Crippen LogP contribution < -0.4 is 5.32 Å². The van der Waals surface area contributed by atoms with Gasteiger partial charge in [-0.25, -0.2) is 15.0 Å². The molecule has 0 atom stereocenters. The summed E-state index contributed by atoms with van der Waals surface area (Å²) in [6.45, 7) is 3.78. The van der Waals surface area contributed by atoms with Crippen LogP contribution in [0.2, 0.25) is 5.15 Å². The fourth-order valence-electron chi connectivity index (χ4n) is 1.65. The van der Waals surface area contributed by atoms with E-state index in [-0.39, 0.29) is 0 Å². The number of unbranched alkanes of at least 4 members (excludes halogenated alkanes) is 1. The molecule has 2 aromatic rings. The van der Waals surface area contributed by atoms with Crippen LogP contribution in [0.3, 0.4) is 0 Å². The summed E-state index contributed by atoms with van der Waals surface area (Å²) in [5.41, 5.74) is 0.897. The van der Waals surface area contributed by atoms with E-state index in [0.717, 1.165) is 37.3 Å². The SMILES string of the molecule is Cc1c(Cl)ncnc1NCCCCn1ccnc1. The van der Waals surface area contributed by atoms with Crippen LogP contribution in [0, 0.1) is 6.92 Å². The molecule has 0 saturated carbocycles. The van der Waals surface area contributed by atoms with E-state index < -0.39 is 0 Å². The van der Waals surface area contributed by atoms with E-state index in [1.165, 1.54) is 6.33 Å². The molecule has 0 aromatic carbocycles. The predicted octanol–water partition coefficient (Wildman–Crippen LogP) is 2.53. The first-order valence-electron chi connectivity index (χ1n) is 5.94. The molecule has 0 bridgehead atoms. The Hall–Kier alpha value is -1.62. The Balaban J connectivity index is 1.70. The van der Waals surface area contributed by atoms with Gasteiger partial charge in [0.15, 0.2) is 0 Å². The van der Waals surface area contributed by atoms with Crippen molar-refractivity contribution in [3.63, 3.8) is 0 Å². The summed E-state index contributed by atoms with van der Waals surface area (Å²) in [4.78, 5) is 12.1. The van der Waals surface area contributed by atoms with Gasteiger partial charge in [0.05, 0.1) is 6.33 Å². The third-order valence-corrected chi connectivity index (χ3v) is 3.10. The lowest BCUT2D eigenvalue weighted by Crippen LogP contribution is -2.07. The summed E-state index contributed by atoms with van der Waals surface area (Å²) in [6, 6.07) is 0. The van der Waals surface area contributed by atoms with Gasteiger partial charge in [-0.3, -0.25) is 0 Å². The summed E-state index contributed by atoms with van der Waals surface area (Å²) in [5, 5.41) is 3.78. The summed E-state index contributed by atoms with van der Waals surface area (Å²) in [5.74, 6) is 0.817. The van der Waals surface area contributed by atoms with Crippen LogP contribution in [0.15, 0.2) is 25.0 Å². The first-order valence-corrected chi connectivity index (χ1v) is 6.32. The maximum absolute atomic E-state index is 5.92. The highest BCUT2D eigenvalue weighted by Gasteiger charge is 2.03. The van der Waals surface area contributed by atoms with Gasteiger partial charge < -0.3 is 9.88 Å². The van der Waals surface area contributed by atoms with E-state index in [4.69, 9.17) is 11.6 Å². The highest BCUT2D eigenvalue weighted by molar-refractivity contribution is 6.30. The molecule has 0 spiro atoms. The topological polar surface area (TPSA) is 55.6 Å². The minimum absolute atomic E-state index is 0.505. The van der Waals surface area contributed by atoms with Crippen LogP contribution >= 0.6 is 11.6 Å². The van der Waals surface area contributed by atoms with Crippen molar-refractivity contribution in [2.24, 2.45) is 0 Å². The molecule has 18 heavy (non-hydrogen) atoms. The van der Waals surface area contributed by atoms with Gasteiger partial charge in [0.2, 0.25) is 0 Å². The van der Waals surface area contributed by atoms with E-state index in [1.807, 2.05) is 19.4 Å². The number of hydrogen-bond donors (Lipinski definition) is 1. The second-order valence-electron chi connectivity index (χ2n) is 4.07. The molecule has 5 nitrogen and oxygen atoms in total. The summed E-state index contributed by atoms with van der Waals surface area (Å²) in [7, 11) is 0. The van der Waals surface area contributed by atoms with E-state index in [0.29, 0.717) is 5.15 Å². The molecule has 0 amide bonds. The number of anilines is 1. The van der Waals surface area contributed by atoms with Crippen LogP contribution in [0.25, 0.3) is 0 Å². The van der Waals surface area contributed by atoms with Gasteiger partial charge in [0.1, 0.15) is 17.3 Å². The summed E-state index contributed by atoms with van der Waals surface area (Å²) >= 11 is 5.92. The molecule has 96 valence electrons. The van der Waals surface area contributed by atoms with Gasteiger partial charge in [0.25, 0.3) is 0 Å². The number of nitrogens with zero attached hydrogens (tertiary/aromatic N) is 4. The zero-order valence-electron chi connectivity index (χ0n) is 10.3. The average molecular weight is 266 g/mol. The van der Waals surface area contributed by atoms with Crippen molar-refractivity contribution >= 4 is 17.4 Å². The molecule has 0 unspecified atom stereocenters. The second kappa shape index (κ2) is 6.35. The maximum Gasteiger partial charge on any atom is 0.137 e. The Morgan fingerprint density at radius 2 is 2.22 bits per heavy atom. The smallest absolute Gasteiger partial charge is 0.137 e. The fraction of sp³-hybridized carbons (Fsp3) is 0.417. The molecule has 2 aromatic heterocycles. The molecule has 0 aliphatic carbocycles. The Labute approximate surface area is 111 Å². The Bertz CT molecular complexity index is 483. The van der Waals surface area contributed by atoms with Gasteiger partial charge in [-0.05, 0) is 19.8 Å². The second-order valence-corrected chi connectivity index (χ2v) is 4.43. The highest BCUT2D eigenvalue weighted by Crippen LogP contribution is 2.17. The lowest BCUT2D eigenvalue weighted by molar-refractivity contribution is 0.620. The molecule has 0 radical (unpaired) electrons. The number of imidazole rings is 1. The van der Waals surface area contributed by atoms with Gasteiger partial charge in [-0.2, -0.15) is 0 Å². The number of halogens is 1. The zero-order valence-corrected chi connectivity index (χ0v) is 11.1. The monoisotopic (exact) mass is 265 g/mol. The molecule has 1 N–H and O–H groups in total. The van der Waals surface area contributed by atoms with E-state index >= 15 is 0 Å². The quantitative estimate of drug-likeness (QED) is 0.644. The van der Waals surface area contributed by atoms with E-state index in [1.54, 1.807) is 6.20 Å². The average Bonchev–Trinajstić information content (AvgIpc) is 2.87. The molecule has 0 aliphatic heterocycles. The van der Waals surface area contributed by atoms with Crippen molar-refractivity contribution in [3.05, 3.63) is 35.8 Å². The molecule has 0 aliphatic rings. The van der Waals surface area contributed by atoms with E-state index in [2.05, 4.69) is 24.8 Å². The molecule has 2 rings (SSSR count). The van der Waals surface area contributed by atoms with Crippen LogP contribution in [-0.2, 0) is 6.54 Å². The fourth-order valence-corrected chi connectivity index (χ4v) is 1.79. The lowest BCUT2D eigenvalue weighted by atomic mass is 10.3. The molecular formula is C12H16ClN5. The van der Waals surface area contributed by atoms with Gasteiger partial charge in [0, 0.05) is 31.0 Å². The first kappa shape index (κ1) is 12.8. The molecule has 6 heteroatoms. The highest BCUT2D eigenvalue weighted by atomic mass is 35.5. The van der Waals surface area contributed by atoms with Crippen molar-refractivity contribution in [2.75, 3.05) is 11.9 Å². The zero-order chi connectivity index (χ0) is 12.8. The normalized spacial score (nSPS) is 10.6. The first-order chi connectivity index (χ1) is 8.77. The van der Waals surface area contributed by atoms with Crippen molar-refractivity contribution in [2.45, 2.75) is 26.3 Å². The van der Waals surface area contributed by atoms with Gasteiger partial charge >= 0.3 is 0 Å². The van der Waals surface area contributed by atoms with Crippen LogP contribution in [0.5, 0.6) is 0 Å². The Kier molecular flexibility index (Phi) is 4.52. The summed E-state index contributed by atoms with van der Waals surface area (Å²) < 4.78 is 2.08. The lowest BCUT2D eigenvalue weighted by Gasteiger charge is -2.08. The minimum atomic E-state index is 0.505. The van der Waals surface area contributed by atoms with Crippen molar-refractivity contribution in [1.82, 2.24) is 19.5 Å². The Morgan fingerprint density at radius 1 is 1.33 bits per heavy atom. The van der Waals surface area contributed by atoms with Crippen molar-refractivity contribution in [1.29, 1.82) is 0 Å². The Morgan fingerprint density at radius 3 is 3.00 bits per heavy atom. The number of nitrogens with one attached hydrogen (secondary N) is 1. The van der Waals surface area contributed by atoms with Crippen LogP contribution in [0.1, 0.15) is 18.4 Å². The largest absolute Gasteiger partial charge is 0.370 e. The molecule has 0 fully saturated rings. The van der Waals surface area contributed by atoms with Gasteiger partial charge in [-0.1, -0.05) is 11.6 Å². The van der Waals surface area contributed by atoms with Gasteiger partial charge in [-0.15, -0.1) is 0 Å².